The average Bonchev–Trinajstić information content (AvgIpc) is 2.35. The maximum absolute atomic E-state index is 6.14. The minimum absolute atomic E-state index is 0.285. The van der Waals surface area contributed by atoms with Crippen LogP contribution in [0.1, 0.15) is 5.69 Å². The van der Waals surface area contributed by atoms with E-state index in [4.69, 9.17) is 39.5 Å². The fourth-order valence-electron chi connectivity index (χ4n) is 1.52. The van der Waals surface area contributed by atoms with E-state index in [2.05, 4.69) is 25.9 Å². The summed E-state index contributed by atoms with van der Waals surface area (Å²) in [4.78, 5) is 8.57. The largest absolute Gasteiger partial charge is 0.378 e. The normalized spacial score (nSPS) is 10.8. The molecule has 1 heterocycles. The first-order valence-electron chi connectivity index (χ1n) is 5.19. The topological polar surface area (TPSA) is 35.0 Å². The summed E-state index contributed by atoms with van der Waals surface area (Å²) in [6.45, 7) is 0.303. The quantitative estimate of drug-likeness (QED) is 0.700. The van der Waals surface area contributed by atoms with E-state index in [0.29, 0.717) is 38.2 Å². The summed E-state index contributed by atoms with van der Waals surface area (Å²) in [5.41, 5.74) is 1.19. The van der Waals surface area contributed by atoms with Crippen LogP contribution in [0.2, 0.25) is 15.2 Å². The van der Waals surface area contributed by atoms with E-state index < -0.39 is 0 Å². The van der Waals surface area contributed by atoms with Crippen LogP contribution < -0.4 is 0 Å². The molecule has 1 aromatic heterocycles. The standard InChI is InChI=1S/C12H8BrCl3N2O/c1-19-5-8-10(13)11(16)18-12(17-8)9-6(14)3-2-4-7(9)15/h2-4H,5H2,1H3. The molecule has 0 fully saturated rings. The van der Waals surface area contributed by atoms with Crippen molar-refractivity contribution in [1.29, 1.82) is 0 Å². The van der Waals surface area contributed by atoms with Gasteiger partial charge in [0.05, 0.1) is 32.4 Å². The van der Waals surface area contributed by atoms with Crippen LogP contribution >= 0.6 is 50.7 Å². The van der Waals surface area contributed by atoms with E-state index in [1.165, 1.54) is 0 Å². The van der Waals surface area contributed by atoms with Gasteiger partial charge < -0.3 is 4.74 Å². The Bertz CT molecular complexity index is 602. The van der Waals surface area contributed by atoms with E-state index in [1.54, 1.807) is 25.3 Å². The number of nitrogens with zero attached hydrogens (tertiary/aromatic N) is 2. The molecule has 1 aromatic carbocycles. The summed E-state index contributed by atoms with van der Waals surface area (Å²) in [6, 6.07) is 5.20. The minimum Gasteiger partial charge on any atom is -0.378 e. The zero-order valence-electron chi connectivity index (χ0n) is 9.75. The molecule has 0 aliphatic heterocycles. The molecule has 2 aromatic rings. The number of hydrogen-bond donors (Lipinski definition) is 0. The van der Waals surface area contributed by atoms with Crippen molar-refractivity contribution in [2.45, 2.75) is 6.61 Å². The van der Waals surface area contributed by atoms with Gasteiger partial charge in [0.25, 0.3) is 0 Å². The molecule has 19 heavy (non-hydrogen) atoms. The van der Waals surface area contributed by atoms with Gasteiger partial charge in [-0.25, -0.2) is 9.97 Å². The van der Waals surface area contributed by atoms with Crippen molar-refractivity contribution in [2.24, 2.45) is 0 Å². The molecule has 0 spiro atoms. The summed E-state index contributed by atoms with van der Waals surface area (Å²) in [5.74, 6) is 0.371. The Kier molecular flexibility index (Phi) is 5.03. The zero-order valence-corrected chi connectivity index (χ0v) is 13.6. The molecule has 0 bridgehead atoms. The van der Waals surface area contributed by atoms with Crippen LogP contribution in [0.4, 0.5) is 0 Å². The van der Waals surface area contributed by atoms with E-state index in [1.807, 2.05) is 0 Å². The van der Waals surface area contributed by atoms with Crippen molar-refractivity contribution in [3.8, 4) is 11.4 Å². The van der Waals surface area contributed by atoms with Gasteiger partial charge in [-0.15, -0.1) is 0 Å². The van der Waals surface area contributed by atoms with E-state index in [0.717, 1.165) is 0 Å². The number of ether oxygens (including phenoxy) is 1. The lowest BCUT2D eigenvalue weighted by molar-refractivity contribution is 0.181. The predicted molar refractivity (Wildman–Crippen MR) is 80.9 cm³/mol. The Hall–Kier alpha value is -0.390. The predicted octanol–water partition coefficient (Wildman–Crippen LogP) is 5.01. The second kappa shape index (κ2) is 6.37. The highest BCUT2D eigenvalue weighted by Crippen LogP contribution is 2.35. The minimum atomic E-state index is 0.285. The second-order valence-electron chi connectivity index (χ2n) is 3.63. The molecule has 0 aliphatic carbocycles. The van der Waals surface area contributed by atoms with E-state index in [-0.39, 0.29) is 5.15 Å². The van der Waals surface area contributed by atoms with Crippen LogP contribution in [0.3, 0.4) is 0 Å². The number of aromatic nitrogens is 2. The van der Waals surface area contributed by atoms with Gasteiger partial charge in [-0.2, -0.15) is 0 Å². The molecule has 3 nitrogen and oxygen atoms in total. The molecule has 7 heteroatoms. The Morgan fingerprint density at radius 2 is 1.79 bits per heavy atom. The molecule has 0 unspecified atom stereocenters. The summed E-state index contributed by atoms with van der Waals surface area (Å²) in [5, 5.41) is 1.22. The Balaban J connectivity index is 2.63. The summed E-state index contributed by atoms with van der Waals surface area (Å²) in [7, 11) is 1.57. The van der Waals surface area contributed by atoms with E-state index in [9.17, 15) is 0 Å². The summed E-state index contributed by atoms with van der Waals surface area (Å²) < 4.78 is 5.67. The lowest BCUT2D eigenvalue weighted by Crippen LogP contribution is -2.00. The number of benzene rings is 1. The van der Waals surface area contributed by atoms with Crippen molar-refractivity contribution in [3.05, 3.63) is 43.6 Å². The number of halogens is 4. The molecule has 0 atom stereocenters. The van der Waals surface area contributed by atoms with Gasteiger partial charge in [0.15, 0.2) is 5.82 Å². The Morgan fingerprint density at radius 1 is 1.16 bits per heavy atom. The Morgan fingerprint density at radius 3 is 2.37 bits per heavy atom. The van der Waals surface area contributed by atoms with Crippen LogP contribution in [0, 0.1) is 0 Å². The third kappa shape index (κ3) is 3.20. The van der Waals surface area contributed by atoms with Crippen LogP contribution in [0.5, 0.6) is 0 Å². The average molecular weight is 382 g/mol. The SMILES string of the molecule is COCc1nc(-c2c(Cl)cccc2Cl)nc(Cl)c1Br. The third-order valence-electron chi connectivity index (χ3n) is 2.35. The summed E-state index contributed by atoms with van der Waals surface area (Å²) in [6.07, 6.45) is 0. The number of hydrogen-bond acceptors (Lipinski definition) is 3. The molecule has 0 N–H and O–H groups in total. The summed E-state index contributed by atoms with van der Waals surface area (Å²) >= 11 is 21.7. The smallest absolute Gasteiger partial charge is 0.164 e. The van der Waals surface area contributed by atoms with Gasteiger partial charge in [0, 0.05) is 7.11 Å². The van der Waals surface area contributed by atoms with Crippen LogP contribution in [-0.4, -0.2) is 17.1 Å². The fraction of sp³-hybridized carbons (Fsp3) is 0.167. The van der Waals surface area contributed by atoms with Crippen molar-refractivity contribution in [1.82, 2.24) is 9.97 Å². The van der Waals surface area contributed by atoms with Gasteiger partial charge in [0.2, 0.25) is 0 Å². The zero-order chi connectivity index (χ0) is 14.0. The van der Waals surface area contributed by atoms with Gasteiger partial charge in [0.1, 0.15) is 5.15 Å². The highest BCUT2D eigenvalue weighted by Gasteiger charge is 2.16. The monoisotopic (exact) mass is 380 g/mol. The lowest BCUT2D eigenvalue weighted by Gasteiger charge is -2.10. The first-order chi connectivity index (χ1) is 9.04. The fourth-order valence-corrected chi connectivity index (χ4v) is 2.57. The highest BCUT2D eigenvalue weighted by atomic mass is 79.9. The Labute approximate surface area is 134 Å². The molecule has 100 valence electrons. The molecule has 0 aliphatic rings. The van der Waals surface area contributed by atoms with Gasteiger partial charge in [-0.05, 0) is 28.1 Å². The number of rotatable bonds is 3. The molecule has 0 amide bonds. The molecule has 0 radical (unpaired) electrons. The van der Waals surface area contributed by atoms with Crippen LogP contribution in [-0.2, 0) is 11.3 Å². The molecular formula is C12H8BrCl3N2O. The molecule has 0 saturated heterocycles. The molecular weight excluding hydrogens is 374 g/mol. The van der Waals surface area contributed by atoms with Crippen LogP contribution in [0.15, 0.2) is 22.7 Å². The van der Waals surface area contributed by atoms with Crippen molar-refractivity contribution < 1.29 is 4.74 Å². The van der Waals surface area contributed by atoms with Crippen molar-refractivity contribution in [3.63, 3.8) is 0 Å². The van der Waals surface area contributed by atoms with Crippen molar-refractivity contribution in [2.75, 3.05) is 7.11 Å². The van der Waals surface area contributed by atoms with Gasteiger partial charge in [-0.3, -0.25) is 0 Å². The first-order valence-corrected chi connectivity index (χ1v) is 7.12. The maximum Gasteiger partial charge on any atom is 0.164 e. The molecule has 0 saturated carbocycles. The first kappa shape index (κ1) is 15.0. The molecule has 2 rings (SSSR count). The van der Waals surface area contributed by atoms with Crippen molar-refractivity contribution >= 4 is 50.7 Å². The number of methoxy groups -OCH3 is 1. The highest BCUT2D eigenvalue weighted by molar-refractivity contribution is 9.10. The maximum atomic E-state index is 6.14. The lowest BCUT2D eigenvalue weighted by atomic mass is 10.2. The second-order valence-corrected chi connectivity index (χ2v) is 5.59. The van der Waals surface area contributed by atoms with Gasteiger partial charge >= 0.3 is 0 Å². The van der Waals surface area contributed by atoms with E-state index >= 15 is 0 Å². The van der Waals surface area contributed by atoms with Crippen LogP contribution in [0.25, 0.3) is 11.4 Å². The van der Waals surface area contributed by atoms with Gasteiger partial charge in [-0.1, -0.05) is 40.9 Å². The third-order valence-corrected chi connectivity index (χ3v) is 4.31.